The summed E-state index contributed by atoms with van der Waals surface area (Å²) in [4.78, 5) is 0. The predicted molar refractivity (Wildman–Crippen MR) is 216 cm³/mol. The SMILES string of the molecule is Nc1c(Cn2c3cc(-n4c5ccccc5c5ccccc54)ccc3c3ccc(-n4c5ccccc5c5ccccc54)cc32)ccc2ccccc12. The molecule has 0 atom stereocenters. The van der Waals surface area contributed by atoms with Gasteiger partial charge in [0.2, 0.25) is 0 Å². The fraction of sp³-hybridized carbons (Fsp3) is 0.0213. The van der Waals surface area contributed by atoms with E-state index in [4.69, 9.17) is 5.73 Å². The fourth-order valence-electron chi connectivity index (χ4n) is 8.57. The zero-order chi connectivity index (χ0) is 33.6. The van der Waals surface area contributed by atoms with E-state index < -0.39 is 0 Å². The number of fused-ring (bicyclic) bond motifs is 10. The molecule has 0 bridgehead atoms. The minimum absolute atomic E-state index is 0.643. The van der Waals surface area contributed by atoms with Crippen molar-refractivity contribution in [3.8, 4) is 11.4 Å². The fourth-order valence-corrected chi connectivity index (χ4v) is 8.57. The van der Waals surface area contributed by atoms with Crippen LogP contribution in [0.1, 0.15) is 5.56 Å². The first-order chi connectivity index (χ1) is 25.2. The average Bonchev–Trinajstić information content (AvgIpc) is 3.81. The summed E-state index contributed by atoms with van der Waals surface area (Å²) in [6, 6.07) is 61.5. The number of nitrogens with zero attached hydrogens (tertiary/aromatic N) is 3. The molecule has 2 N–H and O–H groups in total. The van der Waals surface area contributed by atoms with Gasteiger partial charge in [0.25, 0.3) is 0 Å². The van der Waals surface area contributed by atoms with Crippen molar-refractivity contribution in [3.05, 3.63) is 175 Å². The second-order valence-electron chi connectivity index (χ2n) is 13.6. The molecule has 11 rings (SSSR count). The van der Waals surface area contributed by atoms with Crippen molar-refractivity contribution in [2.24, 2.45) is 0 Å². The maximum Gasteiger partial charge on any atom is 0.0541 e. The Morgan fingerprint density at radius 1 is 0.353 bits per heavy atom. The third-order valence-corrected chi connectivity index (χ3v) is 10.9. The monoisotopic (exact) mass is 652 g/mol. The lowest BCUT2D eigenvalue weighted by Crippen LogP contribution is -2.04. The van der Waals surface area contributed by atoms with Crippen LogP contribution in [-0.2, 0) is 6.54 Å². The molecule has 0 amide bonds. The maximum atomic E-state index is 6.97. The van der Waals surface area contributed by atoms with Crippen LogP contribution in [0.4, 0.5) is 5.69 Å². The van der Waals surface area contributed by atoms with Gasteiger partial charge in [0, 0.05) is 54.8 Å². The quantitative estimate of drug-likeness (QED) is 0.189. The smallest absolute Gasteiger partial charge is 0.0541 e. The third-order valence-electron chi connectivity index (χ3n) is 10.9. The van der Waals surface area contributed by atoms with Crippen LogP contribution in [0.3, 0.4) is 0 Å². The number of para-hydroxylation sites is 4. The molecule has 4 nitrogen and oxygen atoms in total. The zero-order valence-electron chi connectivity index (χ0n) is 27.8. The first-order valence-corrected chi connectivity index (χ1v) is 17.5. The molecule has 0 saturated heterocycles. The van der Waals surface area contributed by atoms with Gasteiger partial charge in [-0.05, 0) is 59.5 Å². The molecule has 8 aromatic carbocycles. The van der Waals surface area contributed by atoms with Gasteiger partial charge in [0.05, 0.1) is 39.6 Å². The van der Waals surface area contributed by atoms with Gasteiger partial charge in [0.1, 0.15) is 0 Å². The minimum atomic E-state index is 0.643. The highest BCUT2D eigenvalue weighted by molar-refractivity contribution is 6.13. The number of nitrogens with two attached hydrogens (primary N) is 1. The molecule has 3 heterocycles. The highest BCUT2D eigenvalue weighted by atomic mass is 15.0. The molecule has 0 spiro atoms. The topological polar surface area (TPSA) is 40.8 Å². The zero-order valence-corrected chi connectivity index (χ0v) is 27.8. The Morgan fingerprint density at radius 3 is 1.22 bits per heavy atom. The first kappa shape index (κ1) is 28.1. The summed E-state index contributed by atoms with van der Waals surface area (Å²) in [5, 5.41) is 9.73. The summed E-state index contributed by atoms with van der Waals surface area (Å²) in [6.07, 6.45) is 0. The Bertz CT molecular complexity index is 2910. The molecule has 0 saturated carbocycles. The summed E-state index contributed by atoms with van der Waals surface area (Å²) in [6.45, 7) is 0.643. The van der Waals surface area contributed by atoms with E-state index >= 15 is 0 Å². The normalized spacial score (nSPS) is 12.1. The molecule has 0 unspecified atom stereocenters. The highest BCUT2D eigenvalue weighted by Gasteiger charge is 2.19. The number of hydrogen-bond acceptors (Lipinski definition) is 1. The number of rotatable bonds is 4. The van der Waals surface area contributed by atoms with Crippen LogP contribution >= 0.6 is 0 Å². The number of aromatic nitrogens is 3. The van der Waals surface area contributed by atoms with Crippen molar-refractivity contribution in [2.45, 2.75) is 6.54 Å². The van der Waals surface area contributed by atoms with Gasteiger partial charge in [-0.2, -0.15) is 0 Å². The third kappa shape index (κ3) is 4.02. The minimum Gasteiger partial charge on any atom is -0.398 e. The van der Waals surface area contributed by atoms with Crippen LogP contribution in [0.25, 0.3) is 87.6 Å². The van der Waals surface area contributed by atoms with Crippen LogP contribution in [0, 0.1) is 0 Å². The highest BCUT2D eigenvalue weighted by Crippen LogP contribution is 2.39. The molecule has 11 aromatic rings. The molecule has 4 heteroatoms. The van der Waals surface area contributed by atoms with E-state index in [9.17, 15) is 0 Å². The van der Waals surface area contributed by atoms with E-state index in [0.717, 1.165) is 33.4 Å². The lowest BCUT2D eigenvalue weighted by Gasteiger charge is -2.14. The lowest BCUT2D eigenvalue weighted by molar-refractivity contribution is 0.871. The molecule has 0 radical (unpaired) electrons. The molecule has 0 fully saturated rings. The number of benzene rings is 8. The Morgan fingerprint density at radius 2 is 0.745 bits per heavy atom. The van der Waals surface area contributed by atoms with E-state index in [1.165, 1.54) is 65.4 Å². The Kier molecular flexibility index (Phi) is 5.84. The second kappa shape index (κ2) is 10.6. The predicted octanol–water partition coefficient (Wildman–Crippen LogP) is 11.8. The summed E-state index contributed by atoms with van der Waals surface area (Å²) < 4.78 is 7.28. The summed E-state index contributed by atoms with van der Waals surface area (Å²) >= 11 is 0. The molecular weight excluding hydrogens is 621 g/mol. The molecule has 0 aliphatic heterocycles. The lowest BCUT2D eigenvalue weighted by atomic mass is 10.0. The van der Waals surface area contributed by atoms with Gasteiger partial charge < -0.3 is 19.4 Å². The van der Waals surface area contributed by atoms with Crippen LogP contribution in [-0.4, -0.2) is 13.7 Å². The largest absolute Gasteiger partial charge is 0.398 e. The number of hydrogen-bond donors (Lipinski definition) is 1. The van der Waals surface area contributed by atoms with Gasteiger partial charge in [0.15, 0.2) is 0 Å². The first-order valence-electron chi connectivity index (χ1n) is 17.5. The van der Waals surface area contributed by atoms with E-state index in [2.05, 4.69) is 184 Å². The Labute approximate surface area is 293 Å². The maximum absolute atomic E-state index is 6.97. The van der Waals surface area contributed by atoms with Gasteiger partial charge in [-0.3, -0.25) is 0 Å². The van der Waals surface area contributed by atoms with Gasteiger partial charge in [-0.15, -0.1) is 0 Å². The number of anilines is 1. The van der Waals surface area contributed by atoms with Gasteiger partial charge >= 0.3 is 0 Å². The van der Waals surface area contributed by atoms with Crippen molar-refractivity contribution in [1.29, 1.82) is 0 Å². The molecule has 0 aliphatic carbocycles. The molecule has 240 valence electrons. The Balaban J connectivity index is 1.20. The number of nitrogen functional groups attached to an aromatic ring is 1. The van der Waals surface area contributed by atoms with Gasteiger partial charge in [-0.1, -0.05) is 121 Å². The van der Waals surface area contributed by atoms with Crippen molar-refractivity contribution in [3.63, 3.8) is 0 Å². The van der Waals surface area contributed by atoms with Crippen molar-refractivity contribution >= 4 is 81.9 Å². The molecule has 51 heavy (non-hydrogen) atoms. The second-order valence-corrected chi connectivity index (χ2v) is 13.6. The van der Waals surface area contributed by atoms with E-state index in [0.29, 0.717) is 6.54 Å². The molecule has 0 aliphatic rings. The van der Waals surface area contributed by atoms with E-state index in [1.807, 2.05) is 0 Å². The van der Waals surface area contributed by atoms with Crippen molar-refractivity contribution < 1.29 is 0 Å². The van der Waals surface area contributed by atoms with Crippen LogP contribution < -0.4 is 5.73 Å². The summed E-state index contributed by atoms with van der Waals surface area (Å²) in [5.74, 6) is 0. The van der Waals surface area contributed by atoms with E-state index in [1.54, 1.807) is 0 Å². The van der Waals surface area contributed by atoms with Crippen LogP contribution in [0.5, 0.6) is 0 Å². The average molecular weight is 653 g/mol. The van der Waals surface area contributed by atoms with Crippen LogP contribution in [0.2, 0.25) is 0 Å². The van der Waals surface area contributed by atoms with Gasteiger partial charge in [-0.25, -0.2) is 0 Å². The Hall–Kier alpha value is -6.78. The standard InChI is InChI=1S/C47H32N4/c48-47-31(22-21-30-11-1-2-12-34(30)47)29-49-45-27-32(50-41-17-7-3-13-35(41)36-14-4-8-18-42(36)50)23-25-39(45)40-26-24-33(28-46(40)49)51-43-19-9-5-15-37(43)38-16-6-10-20-44(38)51/h1-28H,29,48H2. The molecule has 3 aromatic heterocycles. The van der Waals surface area contributed by atoms with E-state index in [-0.39, 0.29) is 0 Å². The van der Waals surface area contributed by atoms with Crippen molar-refractivity contribution in [2.75, 3.05) is 5.73 Å². The summed E-state index contributed by atoms with van der Waals surface area (Å²) in [5.41, 5.74) is 18.3. The summed E-state index contributed by atoms with van der Waals surface area (Å²) in [7, 11) is 0. The molecular formula is C47H32N4. The van der Waals surface area contributed by atoms with Crippen molar-refractivity contribution in [1.82, 2.24) is 13.7 Å². The van der Waals surface area contributed by atoms with Crippen LogP contribution in [0.15, 0.2) is 170 Å².